The first-order chi connectivity index (χ1) is 15.2. The Bertz CT molecular complexity index is 939. The van der Waals surface area contributed by atoms with E-state index in [1.807, 2.05) is 53.4 Å². The number of rotatable bonds is 9. The van der Waals surface area contributed by atoms with E-state index in [-0.39, 0.29) is 11.8 Å². The summed E-state index contributed by atoms with van der Waals surface area (Å²) in [4.78, 5) is 19.5. The molecule has 0 spiro atoms. The van der Waals surface area contributed by atoms with Crippen molar-refractivity contribution >= 4 is 17.0 Å². The summed E-state index contributed by atoms with van der Waals surface area (Å²) >= 11 is 0. The fraction of sp³-hybridized carbons (Fsp3) is 0.462. The van der Waals surface area contributed by atoms with E-state index in [9.17, 15) is 4.79 Å². The number of carbonyl (C=O) groups is 1. The van der Waals surface area contributed by atoms with E-state index in [2.05, 4.69) is 11.9 Å². The molecule has 1 saturated heterocycles. The first kappa shape index (κ1) is 21.4. The van der Waals surface area contributed by atoms with Gasteiger partial charge in [-0.25, -0.2) is 4.98 Å². The number of amides is 1. The molecule has 0 aliphatic carbocycles. The summed E-state index contributed by atoms with van der Waals surface area (Å²) in [5.74, 6) is 1.98. The molecule has 31 heavy (non-hydrogen) atoms. The number of para-hydroxylation sites is 2. The molecule has 0 atom stereocenters. The van der Waals surface area contributed by atoms with Crippen molar-refractivity contribution in [1.82, 2.24) is 9.88 Å². The summed E-state index contributed by atoms with van der Waals surface area (Å²) in [6.45, 7) is 4.40. The lowest BCUT2D eigenvalue weighted by atomic mass is 9.96. The van der Waals surface area contributed by atoms with Gasteiger partial charge in [-0.2, -0.15) is 0 Å². The van der Waals surface area contributed by atoms with Crippen LogP contribution in [0.25, 0.3) is 11.1 Å². The SMILES string of the molecule is CCCCCCCOc1ccc(C(=O)N2CCC(c3nc4ccccc4o3)CC2)cc1. The topological polar surface area (TPSA) is 55.6 Å². The fourth-order valence-electron chi connectivity index (χ4n) is 4.17. The number of nitrogens with zero attached hydrogens (tertiary/aromatic N) is 2. The molecule has 0 bridgehead atoms. The molecule has 1 fully saturated rings. The van der Waals surface area contributed by atoms with E-state index in [1.54, 1.807) is 0 Å². The maximum Gasteiger partial charge on any atom is 0.253 e. The molecular weight excluding hydrogens is 388 g/mol. The minimum Gasteiger partial charge on any atom is -0.494 e. The lowest BCUT2D eigenvalue weighted by molar-refractivity contribution is 0.0706. The fourth-order valence-corrected chi connectivity index (χ4v) is 4.17. The second-order valence-electron chi connectivity index (χ2n) is 8.37. The minimum absolute atomic E-state index is 0.0853. The molecule has 1 amide bonds. The number of ether oxygens (including phenoxy) is 1. The third-order valence-electron chi connectivity index (χ3n) is 6.06. The predicted molar refractivity (Wildman–Crippen MR) is 123 cm³/mol. The van der Waals surface area contributed by atoms with Gasteiger partial charge in [0.1, 0.15) is 11.3 Å². The van der Waals surface area contributed by atoms with Crippen molar-refractivity contribution in [2.24, 2.45) is 0 Å². The van der Waals surface area contributed by atoms with Crippen molar-refractivity contribution < 1.29 is 13.9 Å². The number of unbranched alkanes of at least 4 members (excludes halogenated alkanes) is 4. The molecule has 5 nitrogen and oxygen atoms in total. The van der Waals surface area contributed by atoms with Gasteiger partial charge >= 0.3 is 0 Å². The molecule has 1 aliphatic rings. The monoisotopic (exact) mass is 420 g/mol. The molecule has 0 radical (unpaired) electrons. The highest BCUT2D eigenvalue weighted by Crippen LogP contribution is 2.30. The summed E-state index contributed by atoms with van der Waals surface area (Å²) in [7, 11) is 0. The molecule has 3 aromatic rings. The first-order valence-electron chi connectivity index (χ1n) is 11.6. The van der Waals surface area contributed by atoms with Gasteiger partial charge in [0.05, 0.1) is 6.61 Å². The van der Waals surface area contributed by atoms with Gasteiger partial charge in [0, 0.05) is 24.6 Å². The Balaban J connectivity index is 1.25. The Morgan fingerprint density at radius 3 is 2.52 bits per heavy atom. The molecule has 1 aromatic heterocycles. The number of oxazole rings is 1. The van der Waals surface area contributed by atoms with E-state index < -0.39 is 0 Å². The molecule has 0 saturated carbocycles. The van der Waals surface area contributed by atoms with Crippen molar-refractivity contribution in [3.63, 3.8) is 0 Å². The zero-order chi connectivity index (χ0) is 21.5. The number of carbonyl (C=O) groups excluding carboxylic acids is 1. The van der Waals surface area contributed by atoms with Crippen LogP contribution in [0.4, 0.5) is 0 Å². The van der Waals surface area contributed by atoms with Gasteiger partial charge in [0.25, 0.3) is 5.91 Å². The molecule has 1 aliphatic heterocycles. The van der Waals surface area contributed by atoms with Crippen LogP contribution in [-0.2, 0) is 0 Å². The normalized spacial score (nSPS) is 14.8. The highest BCUT2D eigenvalue weighted by Gasteiger charge is 2.27. The number of benzene rings is 2. The summed E-state index contributed by atoms with van der Waals surface area (Å²) in [6.07, 6.45) is 7.86. The quantitative estimate of drug-likeness (QED) is 0.387. The number of likely N-dealkylation sites (tertiary alicyclic amines) is 1. The maximum absolute atomic E-state index is 12.9. The second-order valence-corrected chi connectivity index (χ2v) is 8.37. The van der Waals surface area contributed by atoms with Crippen LogP contribution in [0, 0.1) is 0 Å². The van der Waals surface area contributed by atoms with Crippen LogP contribution >= 0.6 is 0 Å². The third-order valence-corrected chi connectivity index (χ3v) is 6.06. The van der Waals surface area contributed by atoms with Crippen LogP contribution in [-0.4, -0.2) is 35.5 Å². The van der Waals surface area contributed by atoms with Crippen LogP contribution in [0.2, 0.25) is 0 Å². The maximum atomic E-state index is 12.9. The van der Waals surface area contributed by atoms with Gasteiger partial charge in [0.2, 0.25) is 0 Å². The Morgan fingerprint density at radius 2 is 1.77 bits per heavy atom. The van der Waals surface area contributed by atoms with Gasteiger partial charge in [-0.15, -0.1) is 0 Å². The molecule has 2 aromatic carbocycles. The Hall–Kier alpha value is -2.82. The van der Waals surface area contributed by atoms with Crippen LogP contribution in [0.1, 0.15) is 74.0 Å². The van der Waals surface area contributed by atoms with E-state index in [0.29, 0.717) is 0 Å². The molecular formula is C26H32N2O3. The van der Waals surface area contributed by atoms with Gasteiger partial charge in [-0.3, -0.25) is 4.79 Å². The summed E-state index contributed by atoms with van der Waals surface area (Å²) in [6, 6.07) is 15.4. The largest absolute Gasteiger partial charge is 0.494 e. The Morgan fingerprint density at radius 1 is 1.03 bits per heavy atom. The number of hydrogen-bond donors (Lipinski definition) is 0. The molecule has 164 valence electrons. The average molecular weight is 421 g/mol. The minimum atomic E-state index is 0.0853. The van der Waals surface area contributed by atoms with Crippen LogP contribution < -0.4 is 4.74 Å². The first-order valence-corrected chi connectivity index (χ1v) is 11.6. The summed E-state index contributed by atoms with van der Waals surface area (Å²) in [5.41, 5.74) is 2.45. The molecule has 5 heteroatoms. The van der Waals surface area contributed by atoms with E-state index in [1.165, 1.54) is 25.7 Å². The molecule has 0 N–H and O–H groups in total. The van der Waals surface area contributed by atoms with Gasteiger partial charge in [0.15, 0.2) is 11.5 Å². The van der Waals surface area contributed by atoms with Crippen molar-refractivity contribution in [2.45, 2.75) is 57.8 Å². The zero-order valence-electron chi connectivity index (χ0n) is 18.4. The van der Waals surface area contributed by atoms with Crippen molar-refractivity contribution in [3.8, 4) is 5.75 Å². The number of fused-ring (bicyclic) bond motifs is 1. The Labute approximate surface area is 184 Å². The van der Waals surface area contributed by atoms with Crippen LogP contribution in [0.15, 0.2) is 52.9 Å². The highest BCUT2D eigenvalue weighted by atomic mass is 16.5. The van der Waals surface area contributed by atoms with E-state index in [0.717, 1.165) is 67.3 Å². The standard InChI is InChI=1S/C26H32N2O3/c1-2-3-4-5-8-19-30-22-13-11-21(12-14-22)26(29)28-17-15-20(16-18-28)25-27-23-9-6-7-10-24(23)31-25/h6-7,9-14,20H,2-5,8,15-19H2,1H3. The van der Waals surface area contributed by atoms with Crippen LogP contribution in [0.3, 0.4) is 0 Å². The number of aromatic nitrogens is 1. The Kier molecular flexibility index (Phi) is 7.23. The van der Waals surface area contributed by atoms with Crippen molar-refractivity contribution in [2.75, 3.05) is 19.7 Å². The zero-order valence-corrected chi connectivity index (χ0v) is 18.4. The summed E-state index contributed by atoms with van der Waals surface area (Å²) in [5, 5.41) is 0. The number of piperidine rings is 1. The van der Waals surface area contributed by atoms with Gasteiger partial charge < -0.3 is 14.1 Å². The molecule has 2 heterocycles. The van der Waals surface area contributed by atoms with E-state index >= 15 is 0 Å². The van der Waals surface area contributed by atoms with Crippen LogP contribution in [0.5, 0.6) is 5.75 Å². The lowest BCUT2D eigenvalue weighted by Crippen LogP contribution is -2.37. The molecule has 4 rings (SSSR count). The second kappa shape index (κ2) is 10.5. The summed E-state index contributed by atoms with van der Waals surface area (Å²) < 4.78 is 11.7. The predicted octanol–water partition coefficient (Wildman–Crippen LogP) is 6.20. The smallest absolute Gasteiger partial charge is 0.253 e. The van der Waals surface area contributed by atoms with Gasteiger partial charge in [-0.05, 0) is 55.7 Å². The van der Waals surface area contributed by atoms with E-state index in [4.69, 9.17) is 9.15 Å². The molecule has 0 unspecified atom stereocenters. The van der Waals surface area contributed by atoms with Crippen molar-refractivity contribution in [3.05, 3.63) is 60.0 Å². The van der Waals surface area contributed by atoms with Crippen molar-refractivity contribution in [1.29, 1.82) is 0 Å². The number of hydrogen-bond acceptors (Lipinski definition) is 4. The highest BCUT2D eigenvalue weighted by molar-refractivity contribution is 5.94. The van der Waals surface area contributed by atoms with Gasteiger partial charge in [-0.1, -0.05) is 44.7 Å². The third kappa shape index (κ3) is 5.46. The average Bonchev–Trinajstić information content (AvgIpc) is 3.26. The lowest BCUT2D eigenvalue weighted by Gasteiger charge is -2.30.